The lowest BCUT2D eigenvalue weighted by Gasteiger charge is -2.25. The summed E-state index contributed by atoms with van der Waals surface area (Å²) in [4.78, 5) is 10.6. The highest BCUT2D eigenvalue weighted by atomic mass is 32.2. The Hall–Kier alpha value is -2.60. The summed E-state index contributed by atoms with van der Waals surface area (Å²) in [5.41, 5.74) is 3.24. The molecule has 3 rings (SSSR count). The third-order valence-corrected chi connectivity index (χ3v) is 6.13. The lowest BCUT2D eigenvalue weighted by Crippen LogP contribution is -2.23. The molecule has 0 aromatic heterocycles. The number of ether oxygens (including phenoxy) is 1. The highest BCUT2D eigenvalue weighted by Gasteiger charge is 2.21. The summed E-state index contributed by atoms with van der Waals surface area (Å²) >= 11 is 0. The van der Waals surface area contributed by atoms with E-state index < -0.39 is 10.0 Å². The van der Waals surface area contributed by atoms with Gasteiger partial charge in [0.2, 0.25) is 10.0 Å². The van der Waals surface area contributed by atoms with Gasteiger partial charge in [0, 0.05) is 12.1 Å². The second-order valence-corrected chi connectivity index (χ2v) is 8.71. The maximum Gasteiger partial charge on any atom is 0.232 e. The molecule has 6 heteroatoms. The second kappa shape index (κ2) is 9.55. The molecule has 1 N–H and O–H groups in total. The van der Waals surface area contributed by atoms with Gasteiger partial charge in [-0.05, 0) is 48.4 Å². The zero-order valence-corrected chi connectivity index (χ0v) is 16.5. The van der Waals surface area contributed by atoms with Crippen molar-refractivity contribution in [2.75, 3.05) is 12.4 Å². The molecule has 0 saturated carbocycles. The minimum Gasteiger partial charge on any atom is -0.486 e. The lowest BCUT2D eigenvalue weighted by molar-refractivity contribution is -0.109. The van der Waals surface area contributed by atoms with Crippen LogP contribution >= 0.6 is 0 Å². The number of fused-ring (bicyclic) bond motifs is 1. The van der Waals surface area contributed by atoms with E-state index in [4.69, 9.17) is 4.74 Å². The van der Waals surface area contributed by atoms with Crippen molar-refractivity contribution in [3.8, 4) is 5.75 Å². The molecule has 1 aliphatic carbocycles. The zero-order chi connectivity index (χ0) is 19.8. The Labute approximate surface area is 166 Å². The second-order valence-electron chi connectivity index (χ2n) is 6.83. The third-order valence-electron chi connectivity index (χ3n) is 4.90. The van der Waals surface area contributed by atoms with Crippen molar-refractivity contribution in [3.63, 3.8) is 0 Å². The molecular weight excluding hydrogens is 374 g/mol. The lowest BCUT2D eigenvalue weighted by atomic mass is 9.82. The van der Waals surface area contributed by atoms with E-state index >= 15 is 0 Å². The smallest absolute Gasteiger partial charge is 0.232 e. The van der Waals surface area contributed by atoms with Gasteiger partial charge in [0.1, 0.15) is 12.4 Å². The number of rotatable bonds is 9. The van der Waals surface area contributed by atoms with Gasteiger partial charge in [-0.2, -0.15) is 0 Å². The minimum atomic E-state index is -3.38. The zero-order valence-electron chi connectivity index (χ0n) is 15.7. The van der Waals surface area contributed by atoms with Crippen LogP contribution in [0, 0.1) is 0 Å². The average molecular weight is 400 g/mol. The topological polar surface area (TPSA) is 72.5 Å². The molecule has 0 spiro atoms. The van der Waals surface area contributed by atoms with E-state index in [0.717, 1.165) is 48.0 Å². The Morgan fingerprint density at radius 2 is 1.93 bits per heavy atom. The van der Waals surface area contributed by atoms with Crippen molar-refractivity contribution in [2.24, 2.45) is 0 Å². The highest BCUT2D eigenvalue weighted by molar-refractivity contribution is 7.89. The maximum absolute atomic E-state index is 12.2. The fraction of sp³-hybridized carbons (Fsp3) is 0.318. The predicted octanol–water partition coefficient (Wildman–Crippen LogP) is 3.36. The number of carbonyl (C=O) groups is 1. The minimum absolute atomic E-state index is 0.0399. The fourth-order valence-corrected chi connectivity index (χ4v) is 4.43. The maximum atomic E-state index is 12.2. The monoisotopic (exact) mass is 399 g/mol. The molecule has 1 atom stereocenters. The summed E-state index contributed by atoms with van der Waals surface area (Å²) in [6.07, 6.45) is 7.51. The number of hydrogen-bond acceptors (Lipinski definition) is 4. The summed E-state index contributed by atoms with van der Waals surface area (Å²) < 4.78 is 32.6. The standard InChI is InChI=1S/C22H25NO4S/c24-15-16-27-22-11-5-9-20-19(8-4-10-21(20)22)12-14-23-28(25,26)17-13-18-6-2-1-3-7-18/h1-3,5-7,9,11-12,14-15,19,23H,4,8,10,13,16-17H2. The Morgan fingerprint density at radius 1 is 1.11 bits per heavy atom. The van der Waals surface area contributed by atoms with Crippen LogP contribution in [0.2, 0.25) is 0 Å². The summed E-state index contributed by atoms with van der Waals surface area (Å²) in [5, 5.41) is 0. The van der Waals surface area contributed by atoms with Gasteiger partial charge in [0.05, 0.1) is 5.75 Å². The first-order valence-electron chi connectivity index (χ1n) is 9.48. The molecule has 0 fully saturated rings. The van der Waals surface area contributed by atoms with E-state index in [0.29, 0.717) is 6.42 Å². The van der Waals surface area contributed by atoms with Crippen molar-refractivity contribution in [1.29, 1.82) is 0 Å². The Bertz CT molecular complexity index is 923. The van der Waals surface area contributed by atoms with Crippen molar-refractivity contribution >= 4 is 16.3 Å². The Balaban J connectivity index is 1.63. The van der Waals surface area contributed by atoms with Crippen molar-refractivity contribution in [2.45, 2.75) is 31.6 Å². The van der Waals surface area contributed by atoms with Crippen molar-refractivity contribution < 1.29 is 17.9 Å². The van der Waals surface area contributed by atoms with Crippen molar-refractivity contribution in [3.05, 3.63) is 77.5 Å². The van der Waals surface area contributed by atoms with E-state index in [1.165, 1.54) is 0 Å². The number of benzene rings is 2. The molecule has 1 unspecified atom stereocenters. The van der Waals surface area contributed by atoms with Gasteiger partial charge in [-0.3, -0.25) is 9.52 Å². The number of carbonyl (C=O) groups excluding carboxylic acids is 1. The first-order valence-corrected chi connectivity index (χ1v) is 11.1. The van der Waals surface area contributed by atoms with E-state index in [2.05, 4.69) is 4.72 Å². The first kappa shape index (κ1) is 20.1. The molecule has 28 heavy (non-hydrogen) atoms. The summed E-state index contributed by atoms with van der Waals surface area (Å²) in [6, 6.07) is 15.4. The number of hydrogen-bond donors (Lipinski definition) is 1. The van der Waals surface area contributed by atoms with Crippen LogP contribution in [0.4, 0.5) is 0 Å². The Morgan fingerprint density at radius 3 is 2.71 bits per heavy atom. The van der Waals surface area contributed by atoms with Gasteiger partial charge >= 0.3 is 0 Å². The first-order chi connectivity index (χ1) is 13.6. The predicted molar refractivity (Wildman–Crippen MR) is 110 cm³/mol. The Kier molecular flexibility index (Phi) is 6.87. The number of sulfonamides is 1. The van der Waals surface area contributed by atoms with Crippen LogP contribution in [0.3, 0.4) is 0 Å². The molecule has 1 aliphatic rings. The SMILES string of the molecule is O=CCOc1cccc2c1CCCC2C=CNS(=O)(=O)CCc1ccccc1. The molecule has 0 saturated heterocycles. The molecule has 2 aromatic carbocycles. The van der Waals surface area contributed by atoms with Crippen molar-refractivity contribution in [1.82, 2.24) is 4.72 Å². The van der Waals surface area contributed by atoms with Gasteiger partial charge in [0.25, 0.3) is 0 Å². The molecule has 148 valence electrons. The normalized spacial score (nSPS) is 16.5. The van der Waals surface area contributed by atoms with E-state index in [1.807, 2.05) is 54.6 Å². The largest absolute Gasteiger partial charge is 0.486 e. The molecule has 0 heterocycles. The van der Waals surface area contributed by atoms with Crippen LogP contribution in [0.25, 0.3) is 0 Å². The van der Waals surface area contributed by atoms with Crippen LogP contribution in [0.15, 0.2) is 60.8 Å². The van der Waals surface area contributed by atoms with Gasteiger partial charge < -0.3 is 4.74 Å². The highest BCUT2D eigenvalue weighted by Crippen LogP contribution is 2.37. The molecule has 5 nitrogen and oxygen atoms in total. The van der Waals surface area contributed by atoms with Gasteiger partial charge in [-0.15, -0.1) is 0 Å². The van der Waals surface area contributed by atoms with Gasteiger partial charge in [-0.1, -0.05) is 48.5 Å². The number of allylic oxidation sites excluding steroid dienone is 1. The van der Waals surface area contributed by atoms with Gasteiger partial charge in [0.15, 0.2) is 6.29 Å². The quantitative estimate of drug-likeness (QED) is 0.656. The van der Waals surface area contributed by atoms with Crippen LogP contribution in [0.1, 0.15) is 35.4 Å². The van der Waals surface area contributed by atoms with E-state index in [-0.39, 0.29) is 18.3 Å². The van der Waals surface area contributed by atoms with Gasteiger partial charge in [-0.25, -0.2) is 8.42 Å². The summed E-state index contributed by atoms with van der Waals surface area (Å²) in [5.74, 6) is 0.915. The van der Waals surface area contributed by atoms with Crippen LogP contribution < -0.4 is 9.46 Å². The molecular formula is C22H25NO4S. The molecule has 0 amide bonds. The van der Waals surface area contributed by atoms with Crippen LogP contribution in [0.5, 0.6) is 5.75 Å². The average Bonchev–Trinajstić information content (AvgIpc) is 2.72. The molecule has 0 bridgehead atoms. The van der Waals surface area contributed by atoms with Crippen LogP contribution in [-0.4, -0.2) is 27.1 Å². The summed E-state index contributed by atoms with van der Waals surface area (Å²) in [7, 11) is -3.38. The molecule has 2 aromatic rings. The fourth-order valence-electron chi connectivity index (χ4n) is 3.53. The molecule has 0 aliphatic heterocycles. The number of aryl methyl sites for hydroxylation is 1. The van der Waals surface area contributed by atoms with E-state index in [1.54, 1.807) is 6.20 Å². The number of nitrogens with one attached hydrogen (secondary N) is 1. The number of aldehydes is 1. The third kappa shape index (κ3) is 5.45. The van der Waals surface area contributed by atoms with Crippen LogP contribution in [-0.2, 0) is 27.7 Å². The molecule has 0 radical (unpaired) electrons. The summed E-state index contributed by atoms with van der Waals surface area (Å²) in [6.45, 7) is 0.0399. The van der Waals surface area contributed by atoms with E-state index in [9.17, 15) is 13.2 Å².